The number of hydrogen-bond acceptors (Lipinski definition) is 2. The van der Waals surface area contributed by atoms with E-state index in [4.69, 9.17) is 9.97 Å². The van der Waals surface area contributed by atoms with Crippen molar-refractivity contribution in [3.05, 3.63) is 265 Å². The van der Waals surface area contributed by atoms with Crippen LogP contribution < -0.4 is 0 Å². The lowest BCUT2D eigenvalue weighted by Gasteiger charge is -2.34. The summed E-state index contributed by atoms with van der Waals surface area (Å²) in [6.07, 6.45) is 0. The van der Waals surface area contributed by atoms with Gasteiger partial charge in [-0.2, -0.15) is 0 Å². The van der Waals surface area contributed by atoms with Gasteiger partial charge in [0, 0.05) is 16.7 Å². The van der Waals surface area contributed by atoms with Gasteiger partial charge in [0.25, 0.3) is 0 Å². The fourth-order valence-electron chi connectivity index (χ4n) is 10.2. The molecule has 2 heteroatoms. The van der Waals surface area contributed by atoms with Crippen LogP contribution in [0.1, 0.15) is 22.3 Å². The Morgan fingerprint density at radius 1 is 0.286 bits per heavy atom. The van der Waals surface area contributed by atoms with Crippen LogP contribution in [0.5, 0.6) is 0 Å². The van der Waals surface area contributed by atoms with Gasteiger partial charge in [-0.15, -0.1) is 0 Å². The Balaban J connectivity index is 0.980. The minimum atomic E-state index is -0.438. The molecule has 1 aliphatic rings. The van der Waals surface area contributed by atoms with Crippen molar-refractivity contribution in [3.8, 4) is 67.3 Å². The molecule has 0 N–H and O–H groups in total. The molecule has 0 bridgehead atoms. The van der Waals surface area contributed by atoms with E-state index in [2.05, 4.69) is 224 Å². The van der Waals surface area contributed by atoms with E-state index in [9.17, 15) is 0 Å². The van der Waals surface area contributed by atoms with Gasteiger partial charge in [0.15, 0.2) is 5.82 Å². The molecule has 63 heavy (non-hydrogen) atoms. The van der Waals surface area contributed by atoms with Crippen LogP contribution in [0.3, 0.4) is 0 Å². The molecule has 0 fully saturated rings. The van der Waals surface area contributed by atoms with Crippen molar-refractivity contribution < 1.29 is 0 Å². The molecule has 0 unspecified atom stereocenters. The fraction of sp³-hybridized carbons (Fsp3) is 0.0164. The summed E-state index contributed by atoms with van der Waals surface area (Å²) in [5.41, 5.74) is 17.0. The van der Waals surface area contributed by atoms with Gasteiger partial charge in [-0.05, 0) is 83.2 Å². The molecule has 0 aliphatic heterocycles. The van der Waals surface area contributed by atoms with Crippen molar-refractivity contribution >= 4 is 21.5 Å². The second-order valence-electron chi connectivity index (χ2n) is 16.4. The lowest BCUT2D eigenvalue weighted by atomic mass is 9.67. The molecule has 1 aliphatic carbocycles. The summed E-state index contributed by atoms with van der Waals surface area (Å²) in [6.45, 7) is 0. The zero-order valence-electron chi connectivity index (χ0n) is 34.5. The molecule has 2 nitrogen and oxygen atoms in total. The van der Waals surface area contributed by atoms with E-state index in [0.717, 1.165) is 33.5 Å². The Labute approximate surface area is 367 Å². The lowest BCUT2D eigenvalue weighted by Crippen LogP contribution is -2.28. The van der Waals surface area contributed by atoms with E-state index in [0.29, 0.717) is 5.82 Å². The monoisotopic (exact) mass is 800 g/mol. The first-order valence-corrected chi connectivity index (χ1v) is 21.7. The van der Waals surface area contributed by atoms with Crippen molar-refractivity contribution in [1.82, 2.24) is 9.97 Å². The minimum Gasteiger partial charge on any atom is -0.228 e. The molecule has 10 aromatic carbocycles. The summed E-state index contributed by atoms with van der Waals surface area (Å²) in [6, 6.07) is 87.7. The molecule has 0 atom stereocenters. The van der Waals surface area contributed by atoms with E-state index in [-0.39, 0.29) is 0 Å². The summed E-state index contributed by atoms with van der Waals surface area (Å²) in [5, 5.41) is 4.69. The number of fused-ring (bicyclic) bond motifs is 5. The third kappa shape index (κ3) is 5.95. The molecule has 0 radical (unpaired) electrons. The van der Waals surface area contributed by atoms with Crippen LogP contribution in [-0.2, 0) is 5.41 Å². The summed E-state index contributed by atoms with van der Waals surface area (Å²) >= 11 is 0. The highest BCUT2D eigenvalue weighted by atomic mass is 14.9. The third-order valence-corrected chi connectivity index (χ3v) is 13.0. The van der Waals surface area contributed by atoms with Gasteiger partial charge in [0.05, 0.1) is 16.8 Å². The van der Waals surface area contributed by atoms with Crippen LogP contribution in [0.2, 0.25) is 0 Å². The number of rotatable bonds is 7. The normalized spacial score (nSPS) is 12.6. The minimum absolute atomic E-state index is 0.438. The van der Waals surface area contributed by atoms with Crippen molar-refractivity contribution in [1.29, 1.82) is 0 Å². The maximum Gasteiger partial charge on any atom is 0.160 e. The smallest absolute Gasteiger partial charge is 0.160 e. The number of aromatic nitrogens is 2. The molecule has 12 rings (SSSR count). The van der Waals surface area contributed by atoms with Crippen molar-refractivity contribution in [2.75, 3.05) is 0 Å². The highest BCUT2D eigenvalue weighted by Crippen LogP contribution is 2.58. The zero-order chi connectivity index (χ0) is 41.7. The number of hydrogen-bond donors (Lipinski definition) is 0. The standard InChI is InChI=1S/C61H40N2/c1-4-19-44(20-5-1)60-62-57(52-31-16-21-41-18-10-11-26-47(41)52)40-58(63-60)53-39-38-48(50-27-12-13-28-51(50)53)42-34-36-43(37-35-42)49-30-17-33-56-59(49)54-29-14-15-32-55(54)61(56,45-22-6-2-7-23-45)46-24-8-3-9-25-46/h1-40H. The number of benzene rings is 10. The average Bonchev–Trinajstić information content (AvgIpc) is 3.68. The summed E-state index contributed by atoms with van der Waals surface area (Å²) in [5.74, 6) is 0.708. The zero-order valence-corrected chi connectivity index (χ0v) is 34.5. The highest BCUT2D eigenvalue weighted by molar-refractivity contribution is 6.05. The van der Waals surface area contributed by atoms with Gasteiger partial charge in [-0.1, -0.05) is 237 Å². The first-order valence-electron chi connectivity index (χ1n) is 21.7. The highest BCUT2D eigenvalue weighted by Gasteiger charge is 2.46. The van der Waals surface area contributed by atoms with E-state index in [1.54, 1.807) is 0 Å². The predicted molar refractivity (Wildman–Crippen MR) is 262 cm³/mol. The van der Waals surface area contributed by atoms with Gasteiger partial charge < -0.3 is 0 Å². The molecule has 294 valence electrons. The van der Waals surface area contributed by atoms with Crippen LogP contribution in [0.15, 0.2) is 243 Å². The Hall–Kier alpha value is -8.20. The van der Waals surface area contributed by atoms with Gasteiger partial charge in [-0.3, -0.25) is 0 Å². The van der Waals surface area contributed by atoms with Gasteiger partial charge in [-0.25, -0.2) is 9.97 Å². The van der Waals surface area contributed by atoms with E-state index in [1.807, 2.05) is 18.2 Å². The number of nitrogens with zero attached hydrogens (tertiary/aromatic N) is 2. The summed E-state index contributed by atoms with van der Waals surface area (Å²) in [4.78, 5) is 10.4. The third-order valence-electron chi connectivity index (χ3n) is 13.0. The molecule has 1 heterocycles. The van der Waals surface area contributed by atoms with Gasteiger partial charge in [0.2, 0.25) is 0 Å². The van der Waals surface area contributed by atoms with Crippen molar-refractivity contribution in [3.63, 3.8) is 0 Å². The van der Waals surface area contributed by atoms with Crippen LogP contribution in [-0.4, -0.2) is 9.97 Å². The van der Waals surface area contributed by atoms with E-state index < -0.39 is 5.41 Å². The van der Waals surface area contributed by atoms with Crippen LogP contribution >= 0.6 is 0 Å². The maximum absolute atomic E-state index is 5.26. The average molecular weight is 801 g/mol. The lowest BCUT2D eigenvalue weighted by molar-refractivity contribution is 0.768. The first kappa shape index (κ1) is 36.6. The van der Waals surface area contributed by atoms with Crippen LogP contribution in [0.25, 0.3) is 88.8 Å². The molecular formula is C61H40N2. The molecule has 0 spiro atoms. The molecule has 0 saturated heterocycles. The van der Waals surface area contributed by atoms with Crippen molar-refractivity contribution in [2.24, 2.45) is 0 Å². The molecule has 1 aromatic heterocycles. The summed E-state index contributed by atoms with van der Waals surface area (Å²) < 4.78 is 0. The topological polar surface area (TPSA) is 25.8 Å². The van der Waals surface area contributed by atoms with E-state index >= 15 is 0 Å². The van der Waals surface area contributed by atoms with Crippen LogP contribution in [0, 0.1) is 0 Å². The Morgan fingerprint density at radius 3 is 1.44 bits per heavy atom. The van der Waals surface area contributed by atoms with Crippen molar-refractivity contribution in [2.45, 2.75) is 5.41 Å². The van der Waals surface area contributed by atoms with E-state index in [1.165, 1.54) is 71.8 Å². The second kappa shape index (κ2) is 15.1. The SMILES string of the molecule is c1ccc(-c2nc(-c3cccc4ccccc34)cc(-c3ccc(-c4ccc(-c5cccc6c5-c5ccccc5C6(c5ccccc5)c5ccccc5)cc4)c4ccccc34)n2)cc1. The van der Waals surface area contributed by atoms with Crippen LogP contribution in [0.4, 0.5) is 0 Å². The maximum atomic E-state index is 5.26. The molecular weight excluding hydrogens is 761 g/mol. The molecule has 11 aromatic rings. The largest absolute Gasteiger partial charge is 0.228 e. The summed E-state index contributed by atoms with van der Waals surface area (Å²) in [7, 11) is 0. The van der Waals surface area contributed by atoms with Gasteiger partial charge in [0.1, 0.15) is 0 Å². The molecule has 0 amide bonds. The predicted octanol–water partition coefficient (Wildman–Crippen LogP) is 15.5. The fourth-order valence-corrected chi connectivity index (χ4v) is 10.2. The molecule has 0 saturated carbocycles. The first-order chi connectivity index (χ1) is 31.3. The Morgan fingerprint density at radius 2 is 0.746 bits per heavy atom. The Bertz CT molecular complexity index is 3440. The quantitative estimate of drug-likeness (QED) is 0.160. The Kier molecular flexibility index (Phi) is 8.76. The van der Waals surface area contributed by atoms with Gasteiger partial charge >= 0.3 is 0 Å². The second-order valence-corrected chi connectivity index (χ2v) is 16.4.